The number of hydrogen-bond acceptors (Lipinski definition) is 5. The molecule has 0 radical (unpaired) electrons. The zero-order chi connectivity index (χ0) is 29.8. The Morgan fingerprint density at radius 1 is 1.02 bits per heavy atom. The van der Waals surface area contributed by atoms with Crippen molar-refractivity contribution in [3.63, 3.8) is 0 Å². The van der Waals surface area contributed by atoms with E-state index in [9.17, 15) is 9.59 Å². The highest BCUT2D eigenvalue weighted by atomic mass is 16.5. The first-order chi connectivity index (χ1) is 20.3. The molecule has 1 aliphatic carbocycles. The number of para-hydroxylation sites is 1. The van der Waals surface area contributed by atoms with Crippen LogP contribution in [0.15, 0.2) is 64.5 Å². The molecule has 222 valence electrons. The second-order valence-corrected chi connectivity index (χ2v) is 11.5. The molecule has 0 N–H and O–H groups in total. The van der Waals surface area contributed by atoms with E-state index in [0.29, 0.717) is 31.3 Å². The van der Waals surface area contributed by atoms with Gasteiger partial charge in [-0.1, -0.05) is 42.2 Å². The molecule has 0 aliphatic heterocycles. The highest BCUT2D eigenvalue weighted by Crippen LogP contribution is 2.39. The van der Waals surface area contributed by atoms with Crippen molar-refractivity contribution in [1.82, 2.24) is 18.7 Å². The summed E-state index contributed by atoms with van der Waals surface area (Å²) < 4.78 is 16.4. The predicted octanol–water partition coefficient (Wildman–Crippen LogP) is 7.06. The number of fused-ring (bicyclic) bond motifs is 2. The molecule has 4 aromatic rings. The van der Waals surface area contributed by atoms with Crippen LogP contribution in [-0.2, 0) is 22.6 Å². The smallest absolute Gasteiger partial charge is 0.337 e. The number of imidazole rings is 2. The average molecular weight is 571 g/mol. The molecule has 1 aliphatic rings. The van der Waals surface area contributed by atoms with Gasteiger partial charge in [0.2, 0.25) is 0 Å². The number of allylic oxidation sites excluding steroid dienone is 4. The standard InChI is InChI=1S/C34H42N4O4/c1-23(2)10-8-11-24(3)18-19-36-30-15-9-14-27(31(30)37(34(36)40)20-21-41-4)32-35-28-22-25(33(39)42-5)16-17-29(28)38(32)26-12-6-7-13-26/h9-10,14-18,22,26H,6-8,11-13,19-21H2,1-5H3. The third kappa shape index (κ3) is 5.86. The summed E-state index contributed by atoms with van der Waals surface area (Å²) in [7, 11) is 3.04. The monoisotopic (exact) mass is 570 g/mol. The highest BCUT2D eigenvalue weighted by Gasteiger charge is 2.26. The number of methoxy groups -OCH3 is 2. The first kappa shape index (κ1) is 29.6. The molecule has 1 fully saturated rings. The number of nitrogens with zero attached hydrogens (tertiary/aromatic N) is 4. The lowest BCUT2D eigenvalue weighted by Crippen LogP contribution is -2.25. The van der Waals surface area contributed by atoms with E-state index in [1.165, 1.54) is 31.1 Å². The molecule has 0 spiro atoms. The number of carbonyl (C=O) groups excluding carboxylic acids is 1. The summed E-state index contributed by atoms with van der Waals surface area (Å²) in [5.74, 6) is 0.437. The average Bonchev–Trinajstić information content (AvgIpc) is 3.70. The van der Waals surface area contributed by atoms with Crippen LogP contribution in [0.3, 0.4) is 0 Å². The van der Waals surface area contributed by atoms with Gasteiger partial charge in [0.1, 0.15) is 5.82 Å². The summed E-state index contributed by atoms with van der Waals surface area (Å²) >= 11 is 0. The van der Waals surface area contributed by atoms with Gasteiger partial charge in [-0.3, -0.25) is 9.13 Å². The van der Waals surface area contributed by atoms with Crippen molar-refractivity contribution >= 4 is 28.0 Å². The first-order valence-electron chi connectivity index (χ1n) is 14.9. The maximum atomic E-state index is 13.9. The highest BCUT2D eigenvalue weighted by molar-refractivity contribution is 5.96. The SMILES string of the molecule is COCCn1c(=O)n(CC=C(C)CCC=C(C)C)c2cccc(-c3nc4cc(C(=O)OC)ccc4n3C3CCCC3)c21. The Labute approximate surface area is 247 Å². The molecule has 1 saturated carbocycles. The van der Waals surface area contributed by atoms with E-state index in [4.69, 9.17) is 14.5 Å². The van der Waals surface area contributed by atoms with Gasteiger partial charge >= 0.3 is 11.7 Å². The van der Waals surface area contributed by atoms with Crippen LogP contribution in [0, 0.1) is 0 Å². The maximum absolute atomic E-state index is 13.9. The van der Waals surface area contributed by atoms with Gasteiger partial charge in [-0.2, -0.15) is 0 Å². The van der Waals surface area contributed by atoms with E-state index in [-0.39, 0.29) is 11.7 Å². The van der Waals surface area contributed by atoms with Crippen LogP contribution in [0.4, 0.5) is 0 Å². The molecule has 0 atom stereocenters. The summed E-state index contributed by atoms with van der Waals surface area (Å²) in [6.45, 7) is 7.73. The van der Waals surface area contributed by atoms with Crippen molar-refractivity contribution in [3.8, 4) is 11.4 Å². The van der Waals surface area contributed by atoms with Crippen molar-refractivity contribution < 1.29 is 14.3 Å². The van der Waals surface area contributed by atoms with Gasteiger partial charge in [0.25, 0.3) is 0 Å². The van der Waals surface area contributed by atoms with E-state index in [2.05, 4.69) is 43.6 Å². The number of benzene rings is 2. The second kappa shape index (κ2) is 12.9. The second-order valence-electron chi connectivity index (χ2n) is 11.5. The summed E-state index contributed by atoms with van der Waals surface area (Å²) in [6, 6.07) is 12.0. The fraction of sp³-hybridized carbons (Fsp3) is 0.441. The molecule has 8 heteroatoms. The molecule has 0 saturated heterocycles. The molecule has 42 heavy (non-hydrogen) atoms. The fourth-order valence-corrected chi connectivity index (χ4v) is 6.13. The summed E-state index contributed by atoms with van der Waals surface area (Å²) in [5, 5.41) is 0. The lowest BCUT2D eigenvalue weighted by Gasteiger charge is -2.17. The largest absolute Gasteiger partial charge is 0.465 e. The Hall–Kier alpha value is -3.91. The van der Waals surface area contributed by atoms with Crippen molar-refractivity contribution in [1.29, 1.82) is 0 Å². The Morgan fingerprint density at radius 2 is 1.81 bits per heavy atom. The van der Waals surface area contributed by atoms with Gasteiger partial charge in [0, 0.05) is 25.3 Å². The molecule has 2 heterocycles. The van der Waals surface area contributed by atoms with Crippen molar-refractivity contribution in [3.05, 3.63) is 75.7 Å². The summed E-state index contributed by atoms with van der Waals surface area (Å²) in [5.41, 5.74) is 7.38. The van der Waals surface area contributed by atoms with E-state index >= 15 is 0 Å². The Bertz CT molecular complexity index is 1710. The topological polar surface area (TPSA) is 80.3 Å². The number of carbonyl (C=O) groups is 1. The third-order valence-electron chi connectivity index (χ3n) is 8.31. The molecule has 0 amide bonds. The minimum Gasteiger partial charge on any atom is -0.465 e. The van der Waals surface area contributed by atoms with Gasteiger partial charge in [-0.05, 0) is 76.8 Å². The van der Waals surface area contributed by atoms with Crippen LogP contribution in [0.2, 0.25) is 0 Å². The van der Waals surface area contributed by atoms with Crippen LogP contribution in [0.5, 0.6) is 0 Å². The predicted molar refractivity (Wildman–Crippen MR) is 168 cm³/mol. The first-order valence-corrected chi connectivity index (χ1v) is 14.9. The van der Waals surface area contributed by atoms with E-state index in [1.807, 2.05) is 39.5 Å². The van der Waals surface area contributed by atoms with Crippen LogP contribution in [0.1, 0.15) is 75.7 Å². The normalized spacial score (nSPS) is 14.3. The molecule has 2 aromatic heterocycles. The van der Waals surface area contributed by atoms with E-state index < -0.39 is 0 Å². The van der Waals surface area contributed by atoms with Crippen molar-refractivity contribution in [2.24, 2.45) is 0 Å². The number of hydrogen-bond donors (Lipinski definition) is 0. The van der Waals surface area contributed by atoms with Gasteiger partial charge in [-0.15, -0.1) is 0 Å². The number of ether oxygens (including phenoxy) is 2. The molecular formula is C34H42N4O4. The van der Waals surface area contributed by atoms with E-state index in [1.54, 1.807) is 7.11 Å². The Balaban J connectivity index is 1.68. The molecule has 0 bridgehead atoms. The van der Waals surface area contributed by atoms with Gasteiger partial charge in [-0.25, -0.2) is 14.6 Å². The molecule has 8 nitrogen and oxygen atoms in total. The fourth-order valence-electron chi connectivity index (χ4n) is 6.13. The number of rotatable bonds is 11. The lowest BCUT2D eigenvalue weighted by atomic mass is 10.1. The Morgan fingerprint density at radius 3 is 2.52 bits per heavy atom. The van der Waals surface area contributed by atoms with Crippen molar-refractivity contribution in [2.45, 2.75) is 78.4 Å². The van der Waals surface area contributed by atoms with Gasteiger partial charge < -0.3 is 14.0 Å². The minimum absolute atomic E-state index is 0.0562. The van der Waals surface area contributed by atoms with E-state index in [0.717, 1.165) is 59.1 Å². The molecule has 5 rings (SSSR count). The van der Waals surface area contributed by atoms with Crippen LogP contribution >= 0.6 is 0 Å². The quantitative estimate of drug-likeness (QED) is 0.142. The van der Waals surface area contributed by atoms with Gasteiger partial charge in [0.05, 0.1) is 47.9 Å². The number of aromatic nitrogens is 4. The maximum Gasteiger partial charge on any atom is 0.337 e. The third-order valence-corrected chi connectivity index (χ3v) is 8.31. The minimum atomic E-state index is -0.384. The molecule has 0 unspecified atom stereocenters. The van der Waals surface area contributed by atoms with Gasteiger partial charge in [0.15, 0.2) is 0 Å². The van der Waals surface area contributed by atoms with Crippen LogP contribution < -0.4 is 5.69 Å². The summed E-state index contributed by atoms with van der Waals surface area (Å²) in [6.07, 6.45) is 10.8. The molecule has 2 aromatic carbocycles. The van der Waals surface area contributed by atoms with Crippen LogP contribution in [-0.4, -0.2) is 45.5 Å². The lowest BCUT2D eigenvalue weighted by molar-refractivity contribution is 0.0601. The summed E-state index contributed by atoms with van der Waals surface area (Å²) in [4.78, 5) is 31.3. The molecular weight excluding hydrogens is 528 g/mol. The van der Waals surface area contributed by atoms with Crippen LogP contribution in [0.25, 0.3) is 33.5 Å². The Kier molecular flexibility index (Phi) is 9.12. The van der Waals surface area contributed by atoms with Crippen molar-refractivity contribution in [2.75, 3.05) is 20.8 Å². The zero-order valence-corrected chi connectivity index (χ0v) is 25.5. The zero-order valence-electron chi connectivity index (χ0n) is 25.5. The number of esters is 1.